The van der Waals surface area contributed by atoms with Crippen LogP contribution in [0.2, 0.25) is 0 Å². The highest BCUT2D eigenvalue weighted by Gasteiger charge is 2.38. The molecule has 1 atom stereocenters. The summed E-state index contributed by atoms with van der Waals surface area (Å²) in [7, 11) is -1.35. The van der Waals surface area contributed by atoms with Crippen molar-refractivity contribution in [1.82, 2.24) is 10.3 Å². The molecule has 4 nitrogen and oxygen atoms in total. The molecule has 0 amide bonds. The van der Waals surface area contributed by atoms with Gasteiger partial charge in [0.1, 0.15) is 0 Å². The lowest BCUT2D eigenvalue weighted by Crippen LogP contribution is -2.51. The summed E-state index contributed by atoms with van der Waals surface area (Å²) in [6.45, 7) is 3.49. The average Bonchev–Trinajstić information content (AvgIpc) is 2.25. The van der Waals surface area contributed by atoms with Crippen LogP contribution < -0.4 is 5.32 Å². The Kier molecular flexibility index (Phi) is 4.27. The molecule has 0 radical (unpaired) electrons. The van der Waals surface area contributed by atoms with Crippen molar-refractivity contribution in [3.8, 4) is 0 Å². The third-order valence-corrected chi connectivity index (χ3v) is 5.48. The van der Waals surface area contributed by atoms with Crippen molar-refractivity contribution in [1.29, 1.82) is 0 Å². The van der Waals surface area contributed by atoms with Gasteiger partial charge in [0, 0.05) is 30.6 Å². The van der Waals surface area contributed by atoms with E-state index < -0.39 is 14.6 Å². The molecule has 1 N–H and O–H groups in total. The van der Waals surface area contributed by atoms with E-state index in [-0.39, 0.29) is 6.04 Å². The molecule has 0 aliphatic carbocycles. The SMILES string of the molecule is CNC(Cc1ccccn1)C(C)(C)S(C)(=O)=O. The first-order chi connectivity index (χ1) is 7.79. The molecule has 0 bridgehead atoms. The van der Waals surface area contributed by atoms with E-state index in [1.165, 1.54) is 6.26 Å². The molecule has 0 spiro atoms. The summed E-state index contributed by atoms with van der Waals surface area (Å²) in [5.74, 6) is 0. The highest BCUT2D eigenvalue weighted by Crippen LogP contribution is 2.22. The van der Waals surface area contributed by atoms with Crippen molar-refractivity contribution < 1.29 is 8.42 Å². The molecule has 5 heteroatoms. The van der Waals surface area contributed by atoms with Gasteiger partial charge in [0.15, 0.2) is 9.84 Å². The number of aromatic nitrogens is 1. The lowest BCUT2D eigenvalue weighted by Gasteiger charge is -2.32. The van der Waals surface area contributed by atoms with Crippen LogP contribution in [0.3, 0.4) is 0 Å². The van der Waals surface area contributed by atoms with E-state index in [9.17, 15) is 8.42 Å². The summed E-state index contributed by atoms with van der Waals surface area (Å²) < 4.78 is 22.7. The maximum Gasteiger partial charge on any atom is 0.154 e. The van der Waals surface area contributed by atoms with Crippen molar-refractivity contribution in [2.45, 2.75) is 31.1 Å². The van der Waals surface area contributed by atoms with Crippen molar-refractivity contribution in [2.24, 2.45) is 0 Å². The minimum Gasteiger partial charge on any atom is -0.315 e. The zero-order valence-corrected chi connectivity index (χ0v) is 11.6. The molecule has 1 aromatic rings. The van der Waals surface area contributed by atoms with Crippen LogP contribution in [-0.4, -0.2) is 37.5 Å². The maximum absolute atomic E-state index is 11.8. The van der Waals surface area contributed by atoms with Crippen LogP contribution in [0.1, 0.15) is 19.5 Å². The van der Waals surface area contributed by atoms with E-state index in [2.05, 4.69) is 10.3 Å². The molecule has 1 rings (SSSR count). The molecule has 1 aromatic heterocycles. The molecule has 0 saturated heterocycles. The largest absolute Gasteiger partial charge is 0.315 e. The first-order valence-electron chi connectivity index (χ1n) is 5.56. The molecule has 0 aromatic carbocycles. The maximum atomic E-state index is 11.8. The van der Waals surface area contributed by atoms with Crippen LogP contribution in [0.4, 0.5) is 0 Å². The molecule has 0 saturated carbocycles. The Bertz CT molecular complexity index is 455. The fourth-order valence-electron chi connectivity index (χ4n) is 1.68. The van der Waals surface area contributed by atoms with E-state index in [0.717, 1.165) is 5.69 Å². The Hall–Kier alpha value is -0.940. The molecule has 96 valence electrons. The number of nitrogens with one attached hydrogen (secondary N) is 1. The zero-order valence-electron chi connectivity index (χ0n) is 10.8. The molecule has 1 unspecified atom stereocenters. The normalized spacial score (nSPS) is 14.6. The van der Waals surface area contributed by atoms with Crippen molar-refractivity contribution in [2.75, 3.05) is 13.3 Å². The number of pyridine rings is 1. The van der Waals surface area contributed by atoms with Gasteiger partial charge in [-0.2, -0.15) is 0 Å². The third kappa shape index (κ3) is 3.26. The van der Waals surface area contributed by atoms with E-state index in [0.29, 0.717) is 6.42 Å². The molecular weight excluding hydrogens is 236 g/mol. The minimum atomic E-state index is -3.12. The van der Waals surface area contributed by atoms with Gasteiger partial charge < -0.3 is 5.32 Å². The summed E-state index contributed by atoms with van der Waals surface area (Å²) in [4.78, 5) is 4.23. The number of hydrogen-bond acceptors (Lipinski definition) is 4. The van der Waals surface area contributed by atoms with E-state index >= 15 is 0 Å². The average molecular weight is 256 g/mol. The summed E-state index contributed by atoms with van der Waals surface area (Å²) in [6.07, 6.45) is 3.59. The van der Waals surface area contributed by atoms with Gasteiger partial charge in [-0.15, -0.1) is 0 Å². The Balaban J connectivity index is 2.94. The molecule has 0 aliphatic heterocycles. The van der Waals surface area contributed by atoms with Crippen molar-refractivity contribution in [3.05, 3.63) is 30.1 Å². The van der Waals surface area contributed by atoms with Crippen LogP contribution in [0.15, 0.2) is 24.4 Å². The molecule has 1 heterocycles. The van der Waals surface area contributed by atoms with Gasteiger partial charge in [0.25, 0.3) is 0 Å². The van der Waals surface area contributed by atoms with E-state index in [1.807, 2.05) is 18.2 Å². The van der Waals surface area contributed by atoms with Crippen LogP contribution in [-0.2, 0) is 16.3 Å². The summed E-state index contributed by atoms with van der Waals surface area (Å²) >= 11 is 0. The monoisotopic (exact) mass is 256 g/mol. The van der Waals surface area contributed by atoms with Gasteiger partial charge in [-0.25, -0.2) is 8.42 Å². The second-order valence-electron chi connectivity index (χ2n) is 4.74. The van der Waals surface area contributed by atoms with Gasteiger partial charge in [-0.1, -0.05) is 6.07 Å². The Morgan fingerprint density at radius 1 is 1.41 bits per heavy atom. The van der Waals surface area contributed by atoms with Crippen LogP contribution in [0.5, 0.6) is 0 Å². The lowest BCUT2D eigenvalue weighted by atomic mass is 9.98. The quantitative estimate of drug-likeness (QED) is 0.855. The number of hydrogen-bond donors (Lipinski definition) is 1. The second-order valence-corrected chi connectivity index (χ2v) is 7.34. The molecule has 0 aliphatic rings. The van der Waals surface area contributed by atoms with Gasteiger partial charge in [0.2, 0.25) is 0 Å². The lowest BCUT2D eigenvalue weighted by molar-refractivity contribution is 0.428. The number of rotatable bonds is 5. The van der Waals surface area contributed by atoms with Crippen LogP contribution in [0.25, 0.3) is 0 Å². The van der Waals surface area contributed by atoms with Crippen LogP contribution in [0, 0.1) is 0 Å². The standard InChI is InChI=1S/C12H20N2O2S/c1-12(2,17(4,15)16)11(13-3)9-10-7-5-6-8-14-10/h5-8,11,13H,9H2,1-4H3. The Morgan fingerprint density at radius 2 is 2.06 bits per heavy atom. The highest BCUT2D eigenvalue weighted by atomic mass is 32.2. The number of likely N-dealkylation sites (N-methyl/N-ethyl adjacent to an activating group) is 1. The van der Waals surface area contributed by atoms with Crippen molar-refractivity contribution >= 4 is 9.84 Å². The minimum absolute atomic E-state index is 0.160. The zero-order chi connectivity index (χ0) is 13.1. The predicted molar refractivity (Wildman–Crippen MR) is 69.7 cm³/mol. The fourth-order valence-corrected chi connectivity index (χ4v) is 2.40. The van der Waals surface area contributed by atoms with Crippen LogP contribution >= 0.6 is 0 Å². The summed E-state index contributed by atoms with van der Waals surface area (Å²) in [6, 6.07) is 5.50. The molecule has 17 heavy (non-hydrogen) atoms. The first kappa shape index (κ1) is 14.1. The topological polar surface area (TPSA) is 59.1 Å². The second kappa shape index (κ2) is 5.14. The smallest absolute Gasteiger partial charge is 0.154 e. The van der Waals surface area contributed by atoms with Gasteiger partial charge in [-0.05, 0) is 33.0 Å². The fraction of sp³-hybridized carbons (Fsp3) is 0.583. The summed E-state index contributed by atoms with van der Waals surface area (Å²) in [5.41, 5.74) is 0.892. The first-order valence-corrected chi connectivity index (χ1v) is 7.45. The van der Waals surface area contributed by atoms with Gasteiger partial charge in [0.05, 0.1) is 4.75 Å². The van der Waals surface area contributed by atoms with E-state index in [1.54, 1.807) is 27.1 Å². The summed E-state index contributed by atoms with van der Waals surface area (Å²) in [5, 5.41) is 3.08. The third-order valence-electron chi connectivity index (χ3n) is 3.28. The molecule has 0 fully saturated rings. The van der Waals surface area contributed by atoms with Gasteiger partial charge >= 0.3 is 0 Å². The highest BCUT2D eigenvalue weighted by molar-refractivity contribution is 7.92. The molecular formula is C12H20N2O2S. The van der Waals surface area contributed by atoms with E-state index in [4.69, 9.17) is 0 Å². The Labute approximate surface area is 103 Å². The van der Waals surface area contributed by atoms with Crippen molar-refractivity contribution in [3.63, 3.8) is 0 Å². The Morgan fingerprint density at radius 3 is 2.47 bits per heavy atom. The van der Waals surface area contributed by atoms with Gasteiger partial charge in [-0.3, -0.25) is 4.98 Å². The number of sulfone groups is 1. The number of nitrogens with zero attached hydrogens (tertiary/aromatic N) is 1. The predicted octanol–water partition coefficient (Wildman–Crippen LogP) is 1.04.